The first-order valence-corrected chi connectivity index (χ1v) is 27.2. The van der Waals surface area contributed by atoms with Crippen molar-refractivity contribution < 1.29 is 0 Å². The number of benzene rings is 14. The third kappa shape index (κ3) is 6.80. The lowest BCUT2D eigenvalue weighted by Crippen LogP contribution is -1.94. The fourth-order valence-electron chi connectivity index (χ4n) is 13.3. The lowest BCUT2D eigenvalue weighted by Gasteiger charge is -2.21. The first-order valence-electron chi connectivity index (χ1n) is 27.2. The van der Waals surface area contributed by atoms with E-state index in [1.54, 1.807) is 0 Å². The van der Waals surface area contributed by atoms with Gasteiger partial charge in [0.15, 0.2) is 0 Å². The molecule has 0 heteroatoms. The van der Waals surface area contributed by atoms with Crippen LogP contribution in [0.2, 0.25) is 0 Å². The monoisotopic (exact) mass is 984 g/mol. The fraction of sp³-hybridized carbons (Fsp3) is 0. The van der Waals surface area contributed by atoms with Gasteiger partial charge >= 0.3 is 0 Å². The van der Waals surface area contributed by atoms with Gasteiger partial charge < -0.3 is 0 Å². The van der Waals surface area contributed by atoms with Gasteiger partial charge in [0.25, 0.3) is 0 Å². The highest BCUT2D eigenvalue weighted by Crippen LogP contribution is 2.64. The van der Waals surface area contributed by atoms with Crippen molar-refractivity contribution in [2.45, 2.75) is 0 Å². The van der Waals surface area contributed by atoms with Gasteiger partial charge in [-0.05, 0) is 166 Å². The molecule has 0 saturated heterocycles. The SMILES string of the molecule is c1ccc(-c2ccc(-c3c4c(c(-c5ccc(-c6ccccc6)cc5)c5ccccc35)-c3ccc5c6c(ccc-4c36)-c3c-5c(-c4ccc(-c5ccccc5)cc4)c4ccccc4c3-c3ccc(-c4ccccc4)cc3)cc2)cc1. The summed E-state index contributed by atoms with van der Waals surface area (Å²) in [6.45, 7) is 0. The zero-order valence-electron chi connectivity index (χ0n) is 42.7. The van der Waals surface area contributed by atoms with Crippen LogP contribution in [-0.2, 0) is 0 Å². The third-order valence-electron chi connectivity index (χ3n) is 16.8. The Bertz CT molecular complexity index is 4070. The van der Waals surface area contributed by atoms with E-state index >= 15 is 0 Å². The largest absolute Gasteiger partial charge is 0.0622 e. The minimum Gasteiger partial charge on any atom is -0.0622 e. The maximum atomic E-state index is 2.47. The Morgan fingerprint density at radius 2 is 0.282 bits per heavy atom. The number of rotatable bonds is 8. The van der Waals surface area contributed by atoms with E-state index in [9.17, 15) is 0 Å². The summed E-state index contributed by atoms with van der Waals surface area (Å²) in [6, 6.07) is 108. The van der Waals surface area contributed by atoms with Crippen LogP contribution < -0.4 is 0 Å². The van der Waals surface area contributed by atoms with Gasteiger partial charge in [-0.3, -0.25) is 0 Å². The molecule has 0 atom stereocenters. The summed E-state index contributed by atoms with van der Waals surface area (Å²) in [4.78, 5) is 0. The van der Waals surface area contributed by atoms with Crippen LogP contribution in [-0.4, -0.2) is 0 Å². The van der Waals surface area contributed by atoms with E-state index in [2.05, 4.69) is 291 Å². The van der Waals surface area contributed by atoms with Crippen LogP contribution in [0.15, 0.2) is 291 Å². The highest BCUT2D eigenvalue weighted by molar-refractivity contribution is 6.35. The molecule has 0 saturated carbocycles. The summed E-state index contributed by atoms with van der Waals surface area (Å²) in [5, 5.41) is 7.67. The lowest BCUT2D eigenvalue weighted by atomic mass is 9.81. The van der Waals surface area contributed by atoms with E-state index in [0.717, 1.165) is 0 Å². The molecule has 360 valence electrons. The Kier molecular flexibility index (Phi) is 10.0. The fourth-order valence-corrected chi connectivity index (χ4v) is 13.3. The van der Waals surface area contributed by atoms with E-state index in [0.29, 0.717) is 0 Å². The Hall–Kier alpha value is -10.1. The van der Waals surface area contributed by atoms with E-state index in [1.165, 1.54) is 166 Å². The summed E-state index contributed by atoms with van der Waals surface area (Å²) < 4.78 is 0. The third-order valence-corrected chi connectivity index (χ3v) is 16.8. The van der Waals surface area contributed by atoms with E-state index in [-0.39, 0.29) is 0 Å². The van der Waals surface area contributed by atoms with Crippen LogP contribution >= 0.6 is 0 Å². The van der Waals surface area contributed by atoms with Gasteiger partial charge in [-0.2, -0.15) is 0 Å². The van der Waals surface area contributed by atoms with Crippen LogP contribution in [0.4, 0.5) is 0 Å². The molecule has 0 amide bonds. The predicted molar refractivity (Wildman–Crippen MR) is 331 cm³/mol. The molecule has 0 aliphatic heterocycles. The smallest absolute Gasteiger partial charge is 0.000740 e. The summed E-state index contributed by atoms with van der Waals surface area (Å²) >= 11 is 0. The first-order chi connectivity index (χ1) is 38.7. The number of hydrogen-bond donors (Lipinski definition) is 0. The highest BCUT2D eigenvalue weighted by Gasteiger charge is 2.37. The van der Waals surface area contributed by atoms with Gasteiger partial charge in [-0.1, -0.05) is 291 Å². The molecule has 0 fully saturated rings. The molecule has 0 radical (unpaired) electrons. The second-order valence-electron chi connectivity index (χ2n) is 20.9. The summed E-state index contributed by atoms with van der Waals surface area (Å²) in [7, 11) is 0. The van der Waals surface area contributed by atoms with E-state index < -0.39 is 0 Å². The summed E-state index contributed by atoms with van der Waals surface area (Å²) in [6.07, 6.45) is 0. The van der Waals surface area contributed by atoms with Crippen LogP contribution in [0.25, 0.3) is 166 Å². The van der Waals surface area contributed by atoms with Crippen molar-refractivity contribution in [2.75, 3.05) is 0 Å². The van der Waals surface area contributed by atoms with Crippen LogP contribution in [0.1, 0.15) is 0 Å². The van der Waals surface area contributed by atoms with Crippen molar-refractivity contribution in [1.29, 1.82) is 0 Å². The maximum absolute atomic E-state index is 2.47. The molecule has 2 aliphatic carbocycles. The van der Waals surface area contributed by atoms with Gasteiger partial charge in [0.2, 0.25) is 0 Å². The second kappa shape index (κ2) is 17.7. The van der Waals surface area contributed by atoms with Crippen LogP contribution in [0, 0.1) is 0 Å². The van der Waals surface area contributed by atoms with Gasteiger partial charge in [0.1, 0.15) is 0 Å². The first kappa shape index (κ1) is 44.2. The van der Waals surface area contributed by atoms with Crippen molar-refractivity contribution in [3.63, 3.8) is 0 Å². The molecule has 78 heavy (non-hydrogen) atoms. The molecule has 0 heterocycles. The second-order valence-corrected chi connectivity index (χ2v) is 20.9. The predicted octanol–water partition coefficient (Wildman–Crippen LogP) is 21.8. The molecule has 0 spiro atoms. The normalized spacial score (nSPS) is 11.8. The van der Waals surface area contributed by atoms with Crippen molar-refractivity contribution in [1.82, 2.24) is 0 Å². The molecule has 0 unspecified atom stereocenters. The van der Waals surface area contributed by atoms with Crippen LogP contribution in [0.5, 0.6) is 0 Å². The van der Waals surface area contributed by atoms with E-state index in [1.807, 2.05) is 0 Å². The van der Waals surface area contributed by atoms with Gasteiger partial charge in [0.05, 0.1) is 0 Å². The Labute approximate surface area is 454 Å². The Morgan fingerprint density at radius 3 is 0.487 bits per heavy atom. The average Bonchev–Trinajstić information content (AvgIpc) is 4.16. The topological polar surface area (TPSA) is 0 Å². The van der Waals surface area contributed by atoms with Crippen molar-refractivity contribution in [2.24, 2.45) is 0 Å². The molecule has 14 aromatic rings. The highest BCUT2D eigenvalue weighted by atomic mass is 14.4. The van der Waals surface area contributed by atoms with Gasteiger partial charge in [-0.25, -0.2) is 0 Å². The Balaban J connectivity index is 0.983. The van der Waals surface area contributed by atoms with Gasteiger partial charge in [0, 0.05) is 0 Å². The molecule has 16 rings (SSSR count). The summed E-state index contributed by atoms with van der Waals surface area (Å²) in [5.74, 6) is 0. The average molecular weight is 985 g/mol. The zero-order chi connectivity index (χ0) is 51.3. The number of fused-ring (bicyclic) bond motifs is 8. The van der Waals surface area contributed by atoms with Crippen molar-refractivity contribution in [3.05, 3.63) is 291 Å². The lowest BCUT2D eigenvalue weighted by molar-refractivity contribution is 1.58. The molecule has 0 nitrogen and oxygen atoms in total. The molecular weight excluding hydrogens is 937 g/mol. The van der Waals surface area contributed by atoms with Crippen molar-refractivity contribution in [3.8, 4) is 134 Å². The van der Waals surface area contributed by atoms with Crippen LogP contribution in [0.3, 0.4) is 0 Å². The van der Waals surface area contributed by atoms with Crippen molar-refractivity contribution >= 4 is 32.3 Å². The summed E-state index contributed by atoms with van der Waals surface area (Å²) in [5.41, 5.74) is 30.0. The molecule has 14 aromatic carbocycles. The van der Waals surface area contributed by atoms with E-state index in [4.69, 9.17) is 0 Å². The molecule has 0 aromatic heterocycles. The number of hydrogen-bond acceptors (Lipinski definition) is 0. The maximum Gasteiger partial charge on any atom is -0.000740 e. The molecular formula is C78H48. The molecule has 0 N–H and O–H groups in total. The molecule has 0 bridgehead atoms. The zero-order valence-corrected chi connectivity index (χ0v) is 42.7. The quantitative estimate of drug-likeness (QED) is 0.142. The van der Waals surface area contributed by atoms with Gasteiger partial charge in [-0.15, -0.1) is 0 Å². The molecule has 2 aliphatic rings. The minimum atomic E-state index is 1.21. The standard InChI is InChI=1S/C78H48/c1-5-17-49(18-6-1)53-29-37-57(38-30-53)69-61-25-13-14-26-62(61)70(58-39-31-54(32-40-58)50-19-7-2-8-20-50)76-66-47-48-68-74-67(46-45-65(73(66)74)75(69)76)77-71(59-41-33-55(34-42-59)51-21-9-3-10-22-51)63-27-15-16-28-64(63)72(78(68)77)60-43-35-56(36-44-60)52-23-11-4-12-24-52/h1-48H. The minimum absolute atomic E-state index is 1.21. The Morgan fingerprint density at radius 1 is 0.115 bits per heavy atom.